The largest absolute Gasteiger partial charge is 0.372 e. The second-order valence-electron chi connectivity index (χ2n) is 7.75. The van der Waals surface area contributed by atoms with Crippen molar-refractivity contribution < 1.29 is 4.40 Å². The summed E-state index contributed by atoms with van der Waals surface area (Å²) in [5.74, 6) is 0.882. The second kappa shape index (κ2) is 9.11. The molecule has 2 heterocycles. The van der Waals surface area contributed by atoms with E-state index in [0.29, 0.717) is 5.56 Å². The molecule has 0 saturated carbocycles. The van der Waals surface area contributed by atoms with E-state index in [4.69, 9.17) is 0 Å². The molecule has 6 heteroatoms. The van der Waals surface area contributed by atoms with Crippen LogP contribution in [-0.4, -0.2) is 24.3 Å². The van der Waals surface area contributed by atoms with Crippen LogP contribution in [0.4, 0.5) is 11.5 Å². The van der Waals surface area contributed by atoms with Gasteiger partial charge < -0.3 is 4.90 Å². The molecule has 0 bridgehead atoms. The zero-order valence-corrected chi connectivity index (χ0v) is 19.1. The maximum Gasteiger partial charge on any atom is 0.253 e. The van der Waals surface area contributed by atoms with Crippen LogP contribution in [-0.2, 0) is 6.42 Å². The number of nitrogens with one attached hydrogen (secondary N) is 2. The third-order valence-corrected chi connectivity index (χ3v) is 6.07. The highest BCUT2D eigenvalue weighted by molar-refractivity contribution is 5.81. The van der Waals surface area contributed by atoms with Crippen molar-refractivity contribution >= 4 is 34.4 Å². The van der Waals surface area contributed by atoms with Gasteiger partial charge in [-0.1, -0.05) is 31.2 Å². The lowest BCUT2D eigenvalue weighted by Gasteiger charge is -2.20. The molecule has 4 rings (SSSR count). The minimum atomic E-state index is 0.666. The van der Waals surface area contributed by atoms with E-state index in [-0.39, 0.29) is 0 Å². The number of nitriles is 1. The molecule has 32 heavy (non-hydrogen) atoms. The summed E-state index contributed by atoms with van der Waals surface area (Å²) in [4.78, 5) is 5.73. The van der Waals surface area contributed by atoms with Gasteiger partial charge in [0.15, 0.2) is 0 Å². The average molecular weight is 426 g/mol. The van der Waals surface area contributed by atoms with Crippen LogP contribution in [0.25, 0.3) is 16.7 Å². The Morgan fingerprint density at radius 1 is 1.09 bits per heavy atom. The molecule has 0 fully saturated rings. The molecular weight excluding hydrogens is 396 g/mol. The normalized spacial score (nSPS) is 11.3. The van der Waals surface area contributed by atoms with Crippen molar-refractivity contribution in [3.63, 3.8) is 0 Å². The van der Waals surface area contributed by atoms with Gasteiger partial charge in [-0.15, -0.1) is 5.10 Å². The van der Waals surface area contributed by atoms with Gasteiger partial charge in [-0.2, -0.15) is 15.1 Å². The summed E-state index contributed by atoms with van der Waals surface area (Å²) in [5.41, 5.74) is 11.0. The Morgan fingerprint density at radius 3 is 2.47 bits per heavy atom. The van der Waals surface area contributed by atoms with E-state index < -0.39 is 0 Å². The van der Waals surface area contributed by atoms with E-state index in [1.165, 1.54) is 5.69 Å². The minimum Gasteiger partial charge on any atom is -0.372 e. The Kier molecular flexibility index (Phi) is 6.09. The van der Waals surface area contributed by atoms with Crippen LogP contribution in [0.3, 0.4) is 0 Å². The Hall–Kier alpha value is -3.85. The summed E-state index contributed by atoms with van der Waals surface area (Å²) < 4.78 is 2.07. The molecule has 2 aromatic carbocycles. The number of hydrazone groups is 1. The van der Waals surface area contributed by atoms with Crippen LogP contribution >= 0.6 is 0 Å². The molecule has 0 saturated heterocycles. The maximum absolute atomic E-state index is 9.84. The number of H-pyrrole nitrogens is 1. The van der Waals surface area contributed by atoms with E-state index in [1.807, 2.05) is 31.3 Å². The summed E-state index contributed by atoms with van der Waals surface area (Å²) >= 11 is 0. The highest BCUT2D eigenvalue weighted by atomic mass is 15.3. The van der Waals surface area contributed by atoms with Gasteiger partial charge in [-0.3, -0.25) is 4.98 Å². The van der Waals surface area contributed by atoms with Gasteiger partial charge in [0.05, 0.1) is 6.21 Å². The van der Waals surface area contributed by atoms with Gasteiger partial charge in [0.1, 0.15) is 22.7 Å². The van der Waals surface area contributed by atoms with Crippen molar-refractivity contribution in [2.45, 2.75) is 34.1 Å². The van der Waals surface area contributed by atoms with Gasteiger partial charge in [-0.25, -0.2) is 0 Å². The third kappa shape index (κ3) is 3.67. The van der Waals surface area contributed by atoms with Crippen molar-refractivity contribution in [1.82, 2.24) is 4.98 Å². The monoisotopic (exact) mass is 425 g/mol. The maximum atomic E-state index is 9.84. The smallest absolute Gasteiger partial charge is 0.253 e. The molecule has 0 amide bonds. The number of rotatable bonds is 7. The van der Waals surface area contributed by atoms with E-state index in [0.717, 1.165) is 58.7 Å². The van der Waals surface area contributed by atoms with Crippen molar-refractivity contribution in [3.8, 4) is 6.07 Å². The number of aromatic amines is 1. The summed E-state index contributed by atoms with van der Waals surface area (Å²) in [6, 6.07) is 18.9. The van der Waals surface area contributed by atoms with Gasteiger partial charge in [0.2, 0.25) is 5.65 Å². The molecule has 0 aliphatic heterocycles. The van der Waals surface area contributed by atoms with Crippen molar-refractivity contribution in [1.29, 1.82) is 5.26 Å². The Bertz CT molecular complexity index is 1320. The number of imidazole rings is 1. The van der Waals surface area contributed by atoms with Crippen LogP contribution in [0.5, 0.6) is 0 Å². The van der Waals surface area contributed by atoms with Crippen LogP contribution in [0.15, 0.2) is 53.6 Å². The molecule has 0 aliphatic rings. The SMILES string of the molecule is CCc1c(C)c(C#N)c2[nH]c3ccccc3[n+]2c1NN=Cc1ccc(N(CC)CC)cc1. The molecule has 4 aromatic rings. The lowest BCUT2D eigenvalue weighted by Crippen LogP contribution is -2.28. The predicted octanol–water partition coefficient (Wildman–Crippen LogP) is 4.94. The minimum absolute atomic E-state index is 0.666. The topological polar surface area (TPSA) is 71.3 Å². The molecule has 2 N–H and O–H groups in total. The number of para-hydroxylation sites is 2. The molecule has 6 nitrogen and oxygen atoms in total. The van der Waals surface area contributed by atoms with Gasteiger partial charge in [0.25, 0.3) is 5.82 Å². The molecule has 0 aliphatic carbocycles. The molecule has 162 valence electrons. The number of benzene rings is 2. The van der Waals surface area contributed by atoms with Crippen LogP contribution in [0, 0.1) is 18.3 Å². The number of hydrogen-bond acceptors (Lipinski definition) is 4. The fourth-order valence-corrected chi connectivity index (χ4v) is 4.34. The molecule has 0 atom stereocenters. The number of pyridine rings is 1. The lowest BCUT2D eigenvalue weighted by atomic mass is 10.0. The summed E-state index contributed by atoms with van der Waals surface area (Å²) in [6.07, 6.45) is 2.62. The Balaban J connectivity index is 1.75. The lowest BCUT2D eigenvalue weighted by molar-refractivity contribution is -0.465. The number of hydrogen-bond donors (Lipinski definition) is 2. The predicted molar refractivity (Wildman–Crippen MR) is 132 cm³/mol. The Morgan fingerprint density at radius 2 is 1.81 bits per heavy atom. The summed E-state index contributed by atoms with van der Waals surface area (Å²) in [6.45, 7) is 10.4. The van der Waals surface area contributed by atoms with Crippen molar-refractivity contribution in [2.75, 3.05) is 23.4 Å². The second-order valence-corrected chi connectivity index (χ2v) is 7.75. The van der Waals surface area contributed by atoms with E-state index in [1.54, 1.807) is 0 Å². The van der Waals surface area contributed by atoms with E-state index in [9.17, 15) is 5.26 Å². The zero-order chi connectivity index (χ0) is 22.7. The number of anilines is 2. The van der Waals surface area contributed by atoms with Crippen molar-refractivity contribution in [2.24, 2.45) is 5.10 Å². The number of nitrogens with zero attached hydrogens (tertiary/aromatic N) is 4. The van der Waals surface area contributed by atoms with Gasteiger partial charge in [-0.05, 0) is 62.6 Å². The highest BCUT2D eigenvalue weighted by Gasteiger charge is 2.24. The first-order valence-electron chi connectivity index (χ1n) is 11.1. The van der Waals surface area contributed by atoms with Crippen molar-refractivity contribution in [3.05, 3.63) is 70.8 Å². The third-order valence-electron chi connectivity index (χ3n) is 6.07. The number of aromatic nitrogens is 2. The van der Waals surface area contributed by atoms with Crippen LogP contribution < -0.4 is 14.7 Å². The first kappa shape index (κ1) is 21.4. The first-order chi connectivity index (χ1) is 15.6. The van der Waals surface area contributed by atoms with Crippen LogP contribution in [0.1, 0.15) is 43.0 Å². The zero-order valence-electron chi connectivity index (χ0n) is 19.1. The molecular formula is C26H29N6+. The first-order valence-corrected chi connectivity index (χ1v) is 11.1. The fraction of sp³-hybridized carbons (Fsp3) is 0.269. The molecule has 0 radical (unpaired) electrons. The van der Waals surface area contributed by atoms with Crippen LogP contribution in [0.2, 0.25) is 0 Å². The molecule has 0 spiro atoms. The Labute approximate surface area is 188 Å². The quantitative estimate of drug-likeness (QED) is 0.250. The number of fused-ring (bicyclic) bond motifs is 3. The molecule has 0 unspecified atom stereocenters. The fourth-order valence-electron chi connectivity index (χ4n) is 4.34. The van der Waals surface area contributed by atoms with E-state index >= 15 is 0 Å². The summed E-state index contributed by atoms with van der Waals surface area (Å²) in [7, 11) is 0. The molecule has 2 aromatic heterocycles. The summed E-state index contributed by atoms with van der Waals surface area (Å²) in [5, 5.41) is 14.4. The highest BCUT2D eigenvalue weighted by Crippen LogP contribution is 2.25. The van der Waals surface area contributed by atoms with E-state index in [2.05, 4.69) is 82.0 Å². The standard InChI is InChI=1S/C26H28N6/c1-5-21-18(4)22(16-27)25-29-23-10-8-9-11-24(23)32(25)26(21)30-28-17-19-12-14-20(15-13-19)31(6-2)7-3/h8-15,17H,5-7H2,1-4H3,(H,29,30)/p+1. The van der Waals surface area contributed by atoms with Gasteiger partial charge in [0, 0.05) is 24.3 Å². The van der Waals surface area contributed by atoms with Gasteiger partial charge >= 0.3 is 0 Å². The average Bonchev–Trinajstić information content (AvgIpc) is 3.20.